The van der Waals surface area contributed by atoms with Gasteiger partial charge in [0.05, 0.1) is 11.3 Å². The zero-order valence-corrected chi connectivity index (χ0v) is 17.3. The predicted octanol–water partition coefficient (Wildman–Crippen LogP) is 4.68. The molecule has 2 aromatic carbocycles. The normalized spacial score (nSPS) is 14.2. The molecule has 0 saturated heterocycles. The van der Waals surface area contributed by atoms with Crippen LogP contribution in [0.15, 0.2) is 42.6 Å². The summed E-state index contributed by atoms with van der Waals surface area (Å²) in [4.78, 5) is 14.6. The molecule has 5 nitrogen and oxygen atoms in total. The van der Waals surface area contributed by atoms with E-state index in [1.165, 1.54) is 6.07 Å². The van der Waals surface area contributed by atoms with Crippen LogP contribution in [0.1, 0.15) is 31.4 Å². The Labute approximate surface area is 172 Å². The lowest BCUT2D eigenvalue weighted by Gasteiger charge is -2.18. The lowest BCUT2D eigenvalue weighted by atomic mass is 10.1. The van der Waals surface area contributed by atoms with Crippen LogP contribution in [-0.4, -0.2) is 37.0 Å². The van der Waals surface area contributed by atoms with Crippen molar-refractivity contribution in [1.29, 1.82) is 0 Å². The van der Waals surface area contributed by atoms with Gasteiger partial charge in [-0.3, -0.25) is 4.79 Å². The molecule has 3 rings (SSSR count). The van der Waals surface area contributed by atoms with Gasteiger partial charge in [0.1, 0.15) is 5.82 Å². The number of aryl methyl sites for hydroxylation is 1. The van der Waals surface area contributed by atoms with Gasteiger partial charge in [-0.25, -0.2) is 4.39 Å². The molecule has 6 heteroatoms. The van der Waals surface area contributed by atoms with Crippen molar-refractivity contribution in [2.45, 2.75) is 27.2 Å². The second-order valence-corrected chi connectivity index (χ2v) is 7.16. The lowest BCUT2D eigenvalue weighted by molar-refractivity contribution is -0.110. The van der Waals surface area contributed by atoms with E-state index in [9.17, 15) is 9.18 Å². The molecule has 0 spiro atoms. The van der Waals surface area contributed by atoms with Gasteiger partial charge < -0.3 is 20.9 Å². The first-order chi connectivity index (χ1) is 14.0. The van der Waals surface area contributed by atoms with Gasteiger partial charge in [0.25, 0.3) is 5.91 Å². The van der Waals surface area contributed by atoms with Crippen molar-refractivity contribution in [2.75, 3.05) is 42.1 Å². The molecular weight excluding hydrogens is 367 g/mol. The van der Waals surface area contributed by atoms with Gasteiger partial charge in [-0.1, -0.05) is 19.9 Å². The number of carbonyl (C=O) groups is 1. The molecule has 154 valence electrons. The van der Waals surface area contributed by atoms with Crippen molar-refractivity contribution >= 4 is 28.5 Å². The Morgan fingerprint density at radius 3 is 2.69 bits per heavy atom. The zero-order valence-electron chi connectivity index (χ0n) is 17.3. The van der Waals surface area contributed by atoms with Crippen molar-refractivity contribution in [1.82, 2.24) is 4.90 Å². The van der Waals surface area contributed by atoms with Crippen molar-refractivity contribution in [3.05, 3.63) is 59.5 Å². The van der Waals surface area contributed by atoms with Crippen LogP contribution in [0.5, 0.6) is 0 Å². The Morgan fingerprint density at radius 1 is 1.17 bits per heavy atom. The van der Waals surface area contributed by atoms with Crippen molar-refractivity contribution in [3.8, 4) is 0 Å². The highest BCUT2D eigenvalue weighted by molar-refractivity contribution is 6.31. The maximum Gasteiger partial charge on any atom is 0.257 e. The first-order valence-corrected chi connectivity index (χ1v) is 10.2. The topological polar surface area (TPSA) is 56.4 Å². The summed E-state index contributed by atoms with van der Waals surface area (Å²) < 4.78 is 14.1. The zero-order chi connectivity index (χ0) is 20.8. The molecule has 0 bridgehead atoms. The van der Waals surface area contributed by atoms with E-state index >= 15 is 0 Å². The molecule has 1 heterocycles. The average molecular weight is 397 g/mol. The van der Waals surface area contributed by atoms with E-state index in [2.05, 4.69) is 34.7 Å². The van der Waals surface area contributed by atoms with Gasteiger partial charge in [0.2, 0.25) is 0 Å². The van der Waals surface area contributed by atoms with E-state index in [1.807, 2.05) is 25.1 Å². The second kappa shape index (κ2) is 9.56. The predicted molar refractivity (Wildman–Crippen MR) is 119 cm³/mol. The molecule has 0 aliphatic carbocycles. The van der Waals surface area contributed by atoms with Gasteiger partial charge >= 0.3 is 0 Å². The smallest absolute Gasteiger partial charge is 0.257 e. The highest BCUT2D eigenvalue weighted by atomic mass is 19.1. The molecule has 1 amide bonds. The minimum absolute atomic E-state index is 0.300. The molecule has 3 N–H and O–H groups in total. The van der Waals surface area contributed by atoms with Crippen molar-refractivity contribution in [2.24, 2.45) is 0 Å². The second-order valence-electron chi connectivity index (χ2n) is 7.16. The molecule has 1 aliphatic rings. The van der Waals surface area contributed by atoms with Crippen LogP contribution in [0, 0.1) is 12.7 Å². The molecule has 0 saturated carbocycles. The summed E-state index contributed by atoms with van der Waals surface area (Å²) in [5.74, 6) is -0.713. The highest BCUT2D eigenvalue weighted by Crippen LogP contribution is 2.33. The number of halogens is 1. The van der Waals surface area contributed by atoms with E-state index in [1.54, 1.807) is 18.3 Å². The minimum atomic E-state index is -0.408. The van der Waals surface area contributed by atoms with E-state index < -0.39 is 5.82 Å². The van der Waals surface area contributed by atoms with Gasteiger partial charge in [-0.2, -0.15) is 0 Å². The first-order valence-electron chi connectivity index (χ1n) is 10.2. The average Bonchev–Trinajstić information content (AvgIpc) is 3.04. The lowest BCUT2D eigenvalue weighted by Crippen LogP contribution is -2.25. The van der Waals surface area contributed by atoms with E-state index in [0.29, 0.717) is 16.8 Å². The minimum Gasteiger partial charge on any atom is -0.385 e. The first kappa shape index (κ1) is 20.9. The number of hydrogen-bond donors (Lipinski definition) is 3. The Bertz CT molecular complexity index is 906. The number of amides is 1. The summed E-state index contributed by atoms with van der Waals surface area (Å²) in [6, 6.07) is 10.6. The van der Waals surface area contributed by atoms with Crippen molar-refractivity contribution in [3.63, 3.8) is 0 Å². The number of nitrogens with one attached hydrogen (secondary N) is 3. The third-order valence-corrected chi connectivity index (χ3v) is 5.25. The molecular formula is C23H29FN4O. The SMILES string of the molecule is CCN(CC)CCCNc1ccc(N/C=C2\C(=O)Nc3cccc(F)c32)cc1C. The van der Waals surface area contributed by atoms with Gasteiger partial charge in [-0.15, -0.1) is 0 Å². The summed E-state index contributed by atoms with van der Waals surface area (Å²) in [7, 11) is 0. The number of nitrogens with zero attached hydrogens (tertiary/aromatic N) is 1. The fourth-order valence-electron chi connectivity index (χ4n) is 3.52. The van der Waals surface area contributed by atoms with Gasteiger partial charge in [0, 0.05) is 29.7 Å². The van der Waals surface area contributed by atoms with Gasteiger partial charge in [0.15, 0.2) is 0 Å². The van der Waals surface area contributed by atoms with Crippen LogP contribution >= 0.6 is 0 Å². The number of carbonyl (C=O) groups excluding carboxylic acids is 1. The van der Waals surface area contributed by atoms with Crippen LogP contribution in [0.3, 0.4) is 0 Å². The largest absolute Gasteiger partial charge is 0.385 e. The molecule has 1 aliphatic heterocycles. The quantitative estimate of drug-likeness (QED) is 0.425. The fourth-order valence-corrected chi connectivity index (χ4v) is 3.52. The summed E-state index contributed by atoms with van der Waals surface area (Å²) in [5.41, 5.74) is 4.17. The molecule has 0 fully saturated rings. The monoisotopic (exact) mass is 396 g/mol. The van der Waals surface area contributed by atoms with Crippen molar-refractivity contribution < 1.29 is 9.18 Å². The maximum absolute atomic E-state index is 14.1. The maximum atomic E-state index is 14.1. The molecule has 2 aromatic rings. The number of benzene rings is 2. The van der Waals surface area contributed by atoms with Crippen LogP contribution in [0.4, 0.5) is 21.5 Å². The Balaban J connectivity index is 1.62. The molecule has 0 radical (unpaired) electrons. The Kier molecular flexibility index (Phi) is 6.88. The van der Waals surface area contributed by atoms with Crippen LogP contribution in [-0.2, 0) is 4.79 Å². The summed E-state index contributed by atoms with van der Waals surface area (Å²) >= 11 is 0. The molecule has 0 atom stereocenters. The van der Waals surface area contributed by atoms with E-state index in [-0.39, 0.29) is 5.91 Å². The molecule has 0 unspecified atom stereocenters. The number of fused-ring (bicyclic) bond motifs is 1. The number of hydrogen-bond acceptors (Lipinski definition) is 4. The standard InChI is InChI=1S/C23H29FN4O/c1-4-28(5-2)13-7-12-25-20-11-10-17(14-16(20)3)26-15-18-22-19(24)8-6-9-21(22)27-23(18)29/h6,8-11,14-15,25-26H,4-5,7,12-13H2,1-3H3,(H,27,29)/b18-15-. The van der Waals surface area contributed by atoms with E-state index in [0.717, 1.165) is 49.5 Å². The van der Waals surface area contributed by atoms with Crippen LogP contribution in [0.25, 0.3) is 5.57 Å². The van der Waals surface area contributed by atoms with E-state index in [4.69, 9.17) is 0 Å². The summed E-state index contributed by atoms with van der Waals surface area (Å²) in [6.07, 6.45) is 2.66. The van der Waals surface area contributed by atoms with Crippen LogP contribution in [0.2, 0.25) is 0 Å². The molecule has 29 heavy (non-hydrogen) atoms. The molecule has 0 aromatic heterocycles. The highest BCUT2D eigenvalue weighted by Gasteiger charge is 2.27. The van der Waals surface area contributed by atoms with Gasteiger partial charge in [-0.05, 0) is 68.9 Å². The summed E-state index contributed by atoms with van der Waals surface area (Å²) in [6.45, 7) is 10.6. The number of anilines is 3. The Morgan fingerprint density at radius 2 is 1.97 bits per heavy atom. The fraction of sp³-hybridized carbons (Fsp3) is 0.348. The third kappa shape index (κ3) is 4.95. The number of rotatable bonds is 9. The Hall–Kier alpha value is -2.86. The summed E-state index contributed by atoms with van der Waals surface area (Å²) in [5, 5.41) is 9.30. The third-order valence-electron chi connectivity index (χ3n) is 5.25. The van der Waals surface area contributed by atoms with Crippen LogP contribution < -0.4 is 16.0 Å².